The van der Waals surface area contributed by atoms with Crippen LogP contribution in [0.4, 0.5) is 0 Å². The highest BCUT2D eigenvalue weighted by Gasteiger charge is 1.99. The summed E-state index contributed by atoms with van der Waals surface area (Å²) in [6.45, 7) is 3.05. The topological polar surface area (TPSA) is 45.0 Å². The monoisotopic (exact) mass is 280 g/mol. The van der Waals surface area contributed by atoms with Crippen LogP contribution in [0.1, 0.15) is 31.7 Å². The number of nitriles is 1. The third-order valence-corrected chi connectivity index (χ3v) is 3.27. The van der Waals surface area contributed by atoms with E-state index < -0.39 is 0 Å². The number of nitrogens with one attached hydrogen (secondary N) is 1. The van der Waals surface area contributed by atoms with E-state index in [9.17, 15) is 0 Å². The molecule has 0 heterocycles. The van der Waals surface area contributed by atoms with E-state index in [2.05, 4.69) is 18.5 Å². The molecule has 2 aromatic rings. The number of hydrogen-bond donors (Lipinski definition) is 1. The summed E-state index contributed by atoms with van der Waals surface area (Å²) in [5.41, 5.74) is 5.85. The average molecular weight is 280 g/mol. The molecular formula is C18H20N2O. The molecule has 3 heteroatoms. The van der Waals surface area contributed by atoms with Crippen molar-refractivity contribution in [1.82, 2.24) is 5.48 Å². The first kappa shape index (κ1) is 15.1. The van der Waals surface area contributed by atoms with Crippen molar-refractivity contribution in [3.63, 3.8) is 0 Å². The largest absolute Gasteiger partial charge is 0.409 e. The minimum absolute atomic E-state index is 0.676. The van der Waals surface area contributed by atoms with Gasteiger partial charge in [0, 0.05) is 6.54 Å². The van der Waals surface area contributed by atoms with E-state index in [1.165, 1.54) is 12.8 Å². The van der Waals surface area contributed by atoms with Gasteiger partial charge < -0.3 is 4.84 Å². The Bertz CT molecular complexity index is 582. The SMILES string of the molecule is CCCCCNOc1ccc(-c2ccc(C#N)cc2)cc1. The van der Waals surface area contributed by atoms with Gasteiger partial charge in [-0.15, -0.1) is 0 Å². The molecule has 0 unspecified atom stereocenters. The van der Waals surface area contributed by atoms with Crippen molar-refractivity contribution in [1.29, 1.82) is 5.26 Å². The van der Waals surface area contributed by atoms with E-state index >= 15 is 0 Å². The molecule has 0 spiro atoms. The highest BCUT2D eigenvalue weighted by atomic mass is 16.6. The number of rotatable bonds is 7. The molecule has 0 aliphatic heterocycles. The van der Waals surface area contributed by atoms with Crippen LogP contribution < -0.4 is 10.3 Å². The zero-order chi connectivity index (χ0) is 14.9. The Morgan fingerprint density at radius 2 is 1.57 bits per heavy atom. The lowest BCUT2D eigenvalue weighted by Gasteiger charge is -2.08. The van der Waals surface area contributed by atoms with Gasteiger partial charge in [-0.3, -0.25) is 0 Å². The Morgan fingerprint density at radius 3 is 2.14 bits per heavy atom. The molecule has 2 rings (SSSR count). The van der Waals surface area contributed by atoms with E-state index in [-0.39, 0.29) is 0 Å². The number of hydroxylamine groups is 1. The first-order valence-electron chi connectivity index (χ1n) is 7.34. The van der Waals surface area contributed by atoms with Crippen LogP contribution in [0, 0.1) is 11.3 Å². The third kappa shape index (κ3) is 4.62. The van der Waals surface area contributed by atoms with Crippen LogP contribution in [-0.4, -0.2) is 6.54 Å². The fourth-order valence-electron chi connectivity index (χ4n) is 2.03. The molecule has 0 aliphatic carbocycles. The van der Waals surface area contributed by atoms with Gasteiger partial charge in [0.15, 0.2) is 0 Å². The molecule has 0 saturated carbocycles. The number of benzene rings is 2. The fourth-order valence-corrected chi connectivity index (χ4v) is 2.03. The summed E-state index contributed by atoms with van der Waals surface area (Å²) in [5, 5.41) is 8.80. The van der Waals surface area contributed by atoms with Gasteiger partial charge in [0.25, 0.3) is 0 Å². The second-order valence-corrected chi connectivity index (χ2v) is 4.92. The van der Waals surface area contributed by atoms with Gasteiger partial charge in [-0.25, -0.2) is 0 Å². The van der Waals surface area contributed by atoms with Crippen LogP contribution in [0.15, 0.2) is 48.5 Å². The molecule has 0 aromatic heterocycles. The Labute approximate surface area is 126 Å². The lowest BCUT2D eigenvalue weighted by molar-refractivity contribution is 0.193. The molecular weight excluding hydrogens is 260 g/mol. The molecule has 0 amide bonds. The van der Waals surface area contributed by atoms with Crippen LogP contribution >= 0.6 is 0 Å². The molecule has 108 valence electrons. The Morgan fingerprint density at radius 1 is 0.952 bits per heavy atom. The number of nitrogens with zero attached hydrogens (tertiary/aromatic N) is 1. The van der Waals surface area contributed by atoms with E-state index in [1.807, 2.05) is 48.5 Å². The molecule has 0 fully saturated rings. The minimum Gasteiger partial charge on any atom is -0.409 e. The summed E-state index contributed by atoms with van der Waals surface area (Å²) in [6.07, 6.45) is 3.55. The van der Waals surface area contributed by atoms with Crippen molar-refractivity contribution in [2.24, 2.45) is 0 Å². The van der Waals surface area contributed by atoms with Gasteiger partial charge in [-0.1, -0.05) is 44.0 Å². The highest BCUT2D eigenvalue weighted by molar-refractivity contribution is 5.64. The van der Waals surface area contributed by atoms with Gasteiger partial charge in [-0.2, -0.15) is 10.7 Å². The van der Waals surface area contributed by atoms with Crippen molar-refractivity contribution in [2.75, 3.05) is 6.54 Å². The lowest BCUT2D eigenvalue weighted by Crippen LogP contribution is -2.19. The second-order valence-electron chi connectivity index (χ2n) is 4.92. The van der Waals surface area contributed by atoms with Gasteiger partial charge in [0.05, 0.1) is 11.6 Å². The van der Waals surface area contributed by atoms with Crippen molar-refractivity contribution in [3.8, 4) is 22.9 Å². The predicted molar refractivity (Wildman–Crippen MR) is 84.7 cm³/mol. The summed E-state index contributed by atoms with van der Waals surface area (Å²) >= 11 is 0. The standard InChI is InChI=1S/C18H20N2O/c1-2-3-4-13-20-21-18-11-9-17(10-12-18)16-7-5-15(14-19)6-8-16/h5-12,20H,2-4,13H2,1H3. The maximum Gasteiger partial charge on any atom is 0.147 e. The first-order valence-corrected chi connectivity index (χ1v) is 7.34. The Hall–Kier alpha value is -2.31. The first-order chi connectivity index (χ1) is 10.3. The zero-order valence-corrected chi connectivity index (χ0v) is 12.3. The third-order valence-electron chi connectivity index (χ3n) is 3.27. The molecule has 0 saturated heterocycles. The summed E-state index contributed by atoms with van der Waals surface area (Å²) in [4.78, 5) is 5.49. The van der Waals surface area contributed by atoms with Crippen molar-refractivity contribution in [2.45, 2.75) is 26.2 Å². The Balaban J connectivity index is 1.90. The summed E-state index contributed by atoms with van der Waals surface area (Å²) in [7, 11) is 0. The Kier molecular flexibility index (Phi) is 5.81. The van der Waals surface area contributed by atoms with Gasteiger partial charge in [-0.05, 0) is 41.8 Å². The molecule has 0 radical (unpaired) electrons. The van der Waals surface area contributed by atoms with Crippen molar-refractivity contribution < 1.29 is 4.84 Å². The zero-order valence-electron chi connectivity index (χ0n) is 12.3. The normalized spacial score (nSPS) is 10.1. The fraction of sp³-hybridized carbons (Fsp3) is 0.278. The van der Waals surface area contributed by atoms with Crippen LogP contribution in [0.2, 0.25) is 0 Å². The van der Waals surface area contributed by atoms with Crippen molar-refractivity contribution in [3.05, 3.63) is 54.1 Å². The smallest absolute Gasteiger partial charge is 0.147 e. The van der Waals surface area contributed by atoms with E-state index in [4.69, 9.17) is 10.1 Å². The summed E-state index contributed by atoms with van der Waals surface area (Å²) in [5.74, 6) is 0.809. The quantitative estimate of drug-likeness (QED) is 0.607. The van der Waals surface area contributed by atoms with Crippen LogP contribution in [0.3, 0.4) is 0 Å². The summed E-state index contributed by atoms with van der Waals surface area (Å²) in [6, 6.07) is 17.6. The lowest BCUT2D eigenvalue weighted by atomic mass is 10.0. The average Bonchev–Trinajstić information content (AvgIpc) is 2.55. The molecule has 0 aliphatic rings. The maximum atomic E-state index is 8.80. The van der Waals surface area contributed by atoms with Crippen LogP contribution in [0.5, 0.6) is 5.75 Å². The van der Waals surface area contributed by atoms with Gasteiger partial charge in [0.2, 0.25) is 0 Å². The van der Waals surface area contributed by atoms with Crippen LogP contribution in [-0.2, 0) is 0 Å². The molecule has 3 nitrogen and oxygen atoms in total. The second kappa shape index (κ2) is 8.08. The van der Waals surface area contributed by atoms with E-state index in [0.717, 1.165) is 29.8 Å². The molecule has 21 heavy (non-hydrogen) atoms. The minimum atomic E-state index is 0.676. The van der Waals surface area contributed by atoms with Gasteiger partial charge >= 0.3 is 0 Å². The molecule has 0 bridgehead atoms. The maximum absolute atomic E-state index is 8.80. The highest BCUT2D eigenvalue weighted by Crippen LogP contribution is 2.22. The molecule has 0 atom stereocenters. The summed E-state index contributed by atoms with van der Waals surface area (Å²) < 4.78 is 0. The van der Waals surface area contributed by atoms with Crippen molar-refractivity contribution >= 4 is 0 Å². The molecule has 2 aromatic carbocycles. The van der Waals surface area contributed by atoms with E-state index in [0.29, 0.717) is 5.56 Å². The molecule has 1 N–H and O–H groups in total. The van der Waals surface area contributed by atoms with Crippen LogP contribution in [0.25, 0.3) is 11.1 Å². The van der Waals surface area contributed by atoms with E-state index in [1.54, 1.807) is 0 Å². The number of unbranched alkanes of at least 4 members (excludes halogenated alkanes) is 2. The number of hydrogen-bond acceptors (Lipinski definition) is 3. The predicted octanol–water partition coefficient (Wildman–Crippen LogP) is 4.30. The van der Waals surface area contributed by atoms with Gasteiger partial charge in [0.1, 0.15) is 5.75 Å².